The summed E-state index contributed by atoms with van der Waals surface area (Å²) in [4.78, 5) is 75.2. The highest BCUT2D eigenvalue weighted by atomic mass is 19.3. The summed E-state index contributed by atoms with van der Waals surface area (Å²) in [5, 5.41) is 0. The van der Waals surface area contributed by atoms with E-state index in [0.717, 1.165) is 45.6 Å². The van der Waals surface area contributed by atoms with Crippen LogP contribution in [0.3, 0.4) is 0 Å². The van der Waals surface area contributed by atoms with E-state index in [-0.39, 0.29) is 57.1 Å². The van der Waals surface area contributed by atoms with E-state index < -0.39 is 54.1 Å². The van der Waals surface area contributed by atoms with Gasteiger partial charge in [0.05, 0.1) is 35.9 Å². The fourth-order valence-corrected chi connectivity index (χ4v) is 9.18. The first-order valence-electron chi connectivity index (χ1n) is 20.7. The maximum absolute atomic E-state index is 14.4. The van der Waals surface area contributed by atoms with Crippen molar-refractivity contribution in [3.05, 3.63) is 72.1 Å². The molecule has 6 heterocycles. The van der Waals surface area contributed by atoms with Gasteiger partial charge < -0.3 is 29.6 Å². The highest BCUT2D eigenvalue weighted by Gasteiger charge is 2.44. The monoisotopic (exact) mass is 812 g/mol. The molecular formula is C44H51F3N8O4. The largest absolute Gasteiger partial charge is 0.340 e. The van der Waals surface area contributed by atoms with Gasteiger partial charge in [0.15, 0.2) is 0 Å². The minimum Gasteiger partial charge on any atom is -0.340 e. The molecule has 0 aliphatic carbocycles. The topological polar surface area (TPSA) is 139 Å². The number of likely N-dealkylation sites (tertiary alicyclic amines) is 4. The number of aryl methyl sites for hydroxylation is 1. The van der Waals surface area contributed by atoms with Gasteiger partial charge in [-0.3, -0.25) is 19.2 Å². The number of halogens is 3. The maximum Gasteiger partial charge on any atom is 0.312 e. The number of carbonyl (C=O) groups is 4. The second-order valence-electron chi connectivity index (χ2n) is 17.1. The Morgan fingerprint density at radius 3 is 1.56 bits per heavy atom. The molecule has 0 saturated carbocycles. The predicted molar refractivity (Wildman–Crippen MR) is 214 cm³/mol. The van der Waals surface area contributed by atoms with Crippen molar-refractivity contribution >= 4 is 23.6 Å². The Bertz CT molecular complexity index is 2230. The minimum absolute atomic E-state index is 0.133. The molecule has 4 saturated heterocycles. The molecule has 15 heteroatoms. The Balaban J connectivity index is 0.923. The second kappa shape index (κ2) is 15.6. The van der Waals surface area contributed by atoms with E-state index in [1.807, 2.05) is 51.1 Å². The number of hydrogen-bond acceptors (Lipinski definition) is 6. The lowest BCUT2D eigenvalue weighted by Crippen LogP contribution is -2.51. The Morgan fingerprint density at radius 1 is 0.627 bits per heavy atom. The van der Waals surface area contributed by atoms with Crippen molar-refractivity contribution in [3.8, 4) is 33.6 Å². The van der Waals surface area contributed by atoms with Crippen molar-refractivity contribution in [1.82, 2.24) is 39.5 Å². The van der Waals surface area contributed by atoms with Crippen molar-refractivity contribution in [1.29, 1.82) is 0 Å². The second-order valence-corrected chi connectivity index (χ2v) is 17.1. The summed E-state index contributed by atoms with van der Waals surface area (Å²) in [6, 6.07) is 13.1. The van der Waals surface area contributed by atoms with Gasteiger partial charge in [0.2, 0.25) is 0 Å². The first-order valence-corrected chi connectivity index (χ1v) is 20.7. The van der Waals surface area contributed by atoms with E-state index in [2.05, 4.69) is 32.1 Å². The highest BCUT2D eigenvalue weighted by Crippen LogP contribution is 2.39. The first kappa shape index (κ1) is 40.3. The number of hydrogen-bond donors (Lipinski definition) is 2. The van der Waals surface area contributed by atoms with Crippen LogP contribution >= 0.6 is 0 Å². The lowest BCUT2D eigenvalue weighted by atomic mass is 9.95. The van der Waals surface area contributed by atoms with Crippen molar-refractivity contribution in [2.75, 3.05) is 26.2 Å². The molecule has 2 unspecified atom stereocenters. The van der Waals surface area contributed by atoms with Crippen LogP contribution in [0.5, 0.6) is 0 Å². The van der Waals surface area contributed by atoms with Gasteiger partial charge in [-0.1, -0.05) is 36.4 Å². The molecule has 0 bridgehead atoms. The van der Waals surface area contributed by atoms with Crippen LogP contribution in [0.15, 0.2) is 54.9 Å². The standard InChI is InChI=1S/C44H51F3N8O4/c1-26-23-31(34-25-49-38(51-34)36-14-6-28(3)55(36)41(58)39(56)52-19-15-43(4,45)16-20-52)11-12-32(26)29-7-9-30(10-8-29)33-24-48-37(50-33)35-13-5-27(2)54(35)42(59)40(57)53-21-17-44(46,47)18-22-53/h7-12,23-25,27-28,35-36H,5-6,13-22H2,1-4H3,(H,48,50)(H,49,51)/t27-,28-,35?,36?/m0/s1. The number of nitrogens with one attached hydrogen (secondary N) is 2. The third-order valence-electron chi connectivity index (χ3n) is 12.9. The molecule has 2 N–H and O–H groups in total. The van der Waals surface area contributed by atoms with Crippen LogP contribution in [-0.4, -0.2) is 113 Å². The Morgan fingerprint density at radius 2 is 1.07 bits per heavy atom. The van der Waals surface area contributed by atoms with E-state index >= 15 is 0 Å². The molecule has 4 aliphatic rings. The van der Waals surface area contributed by atoms with Crippen LogP contribution in [-0.2, 0) is 19.2 Å². The molecule has 4 aromatic rings. The van der Waals surface area contributed by atoms with Gasteiger partial charge in [-0.2, -0.15) is 0 Å². The van der Waals surface area contributed by atoms with Gasteiger partial charge >= 0.3 is 23.6 Å². The summed E-state index contributed by atoms with van der Waals surface area (Å²) >= 11 is 0. The van der Waals surface area contributed by atoms with Crippen molar-refractivity contribution in [3.63, 3.8) is 0 Å². The van der Waals surface area contributed by atoms with Crippen molar-refractivity contribution < 1.29 is 32.3 Å². The maximum atomic E-state index is 14.4. The average molecular weight is 813 g/mol. The highest BCUT2D eigenvalue weighted by molar-refractivity contribution is 6.35. The zero-order chi connectivity index (χ0) is 41.8. The summed E-state index contributed by atoms with van der Waals surface area (Å²) in [6.07, 6.45) is 5.77. The number of H-pyrrole nitrogens is 2. The smallest absolute Gasteiger partial charge is 0.312 e. The predicted octanol–water partition coefficient (Wildman–Crippen LogP) is 7.15. The molecule has 4 fully saturated rings. The van der Waals surface area contributed by atoms with Gasteiger partial charge in [-0.05, 0) is 100 Å². The molecule has 12 nitrogen and oxygen atoms in total. The van der Waals surface area contributed by atoms with Crippen LogP contribution in [0, 0.1) is 6.92 Å². The lowest BCUT2D eigenvalue weighted by molar-refractivity contribution is -0.156. The summed E-state index contributed by atoms with van der Waals surface area (Å²) in [5.41, 5.74) is 5.19. The van der Waals surface area contributed by atoms with Crippen LogP contribution < -0.4 is 0 Å². The molecule has 2 aromatic carbocycles. The van der Waals surface area contributed by atoms with Crippen LogP contribution in [0.4, 0.5) is 13.2 Å². The van der Waals surface area contributed by atoms with Gasteiger partial charge in [0.25, 0.3) is 5.92 Å². The summed E-state index contributed by atoms with van der Waals surface area (Å²) in [5.74, 6) is -4.18. The normalized spacial score (nSPS) is 24.1. The number of aromatic nitrogens is 4. The molecule has 4 amide bonds. The third-order valence-corrected chi connectivity index (χ3v) is 12.9. The number of nitrogens with zero attached hydrogens (tertiary/aromatic N) is 6. The van der Waals surface area contributed by atoms with E-state index in [1.165, 1.54) is 16.7 Å². The number of imidazole rings is 2. The number of benzene rings is 2. The molecular weight excluding hydrogens is 762 g/mol. The molecule has 2 aromatic heterocycles. The van der Waals surface area contributed by atoms with E-state index in [9.17, 15) is 32.3 Å². The van der Waals surface area contributed by atoms with E-state index in [0.29, 0.717) is 30.9 Å². The number of piperidine rings is 2. The Labute approximate surface area is 341 Å². The molecule has 0 spiro atoms. The minimum atomic E-state index is -2.81. The fraction of sp³-hybridized carbons (Fsp3) is 0.500. The van der Waals surface area contributed by atoms with Crippen molar-refractivity contribution in [2.45, 2.75) is 115 Å². The number of rotatable bonds is 5. The average Bonchev–Trinajstić information content (AvgIpc) is 4.04. The van der Waals surface area contributed by atoms with Gasteiger partial charge in [-0.15, -0.1) is 0 Å². The van der Waals surface area contributed by atoms with Gasteiger partial charge in [0, 0.05) is 51.1 Å². The Hall–Kier alpha value is -5.47. The summed E-state index contributed by atoms with van der Waals surface area (Å²) in [7, 11) is 0. The van der Waals surface area contributed by atoms with Crippen LogP contribution in [0.25, 0.3) is 33.6 Å². The fourth-order valence-electron chi connectivity index (χ4n) is 9.18. The zero-order valence-electron chi connectivity index (χ0n) is 33.9. The molecule has 4 aliphatic heterocycles. The van der Waals surface area contributed by atoms with Gasteiger partial charge in [0.1, 0.15) is 17.3 Å². The number of amides is 4. The molecule has 312 valence electrons. The Kier molecular flexibility index (Phi) is 10.7. The van der Waals surface area contributed by atoms with E-state index in [1.54, 1.807) is 22.2 Å². The number of alkyl halides is 3. The zero-order valence-corrected chi connectivity index (χ0v) is 33.9. The molecule has 4 atom stereocenters. The molecule has 59 heavy (non-hydrogen) atoms. The summed E-state index contributed by atoms with van der Waals surface area (Å²) in [6.45, 7) is 7.59. The molecule has 0 radical (unpaired) electrons. The number of carbonyl (C=O) groups excluding carboxylic acids is 4. The van der Waals surface area contributed by atoms with Crippen LogP contribution in [0.1, 0.15) is 101 Å². The number of aromatic amines is 2. The quantitative estimate of drug-likeness (QED) is 0.205. The molecule has 8 rings (SSSR count). The summed E-state index contributed by atoms with van der Waals surface area (Å²) < 4.78 is 41.8. The van der Waals surface area contributed by atoms with Crippen molar-refractivity contribution in [2.24, 2.45) is 0 Å². The SMILES string of the molecule is Cc1cc(-c2cnc(C3CC[C@H](C)N3C(=O)C(=O)N3CCC(C)(F)CC3)[nH]2)ccc1-c1ccc(-c2cnc(C3CC[C@H](C)N3C(=O)C(=O)N3CCC(F)(F)CC3)[nH]2)cc1. The van der Waals surface area contributed by atoms with Crippen LogP contribution in [0.2, 0.25) is 0 Å². The van der Waals surface area contributed by atoms with E-state index in [4.69, 9.17) is 0 Å². The van der Waals surface area contributed by atoms with Gasteiger partial charge in [-0.25, -0.2) is 23.1 Å². The lowest BCUT2D eigenvalue weighted by Gasteiger charge is -2.35. The third kappa shape index (κ3) is 7.99. The first-order chi connectivity index (χ1) is 28.1.